The van der Waals surface area contributed by atoms with E-state index in [2.05, 4.69) is 5.32 Å². The third kappa shape index (κ3) is 5.65. The molecule has 1 aliphatic rings. The summed E-state index contributed by atoms with van der Waals surface area (Å²) in [4.78, 5) is 14.7. The third-order valence-electron chi connectivity index (χ3n) is 5.45. The largest absolute Gasteiger partial charge is 0.486 e. The normalized spacial score (nSPS) is 12.7. The molecule has 0 saturated heterocycles. The van der Waals surface area contributed by atoms with Gasteiger partial charge in [-0.1, -0.05) is 12.1 Å². The van der Waals surface area contributed by atoms with Crippen LogP contribution in [0.25, 0.3) is 0 Å². The molecule has 0 aliphatic carbocycles. The van der Waals surface area contributed by atoms with E-state index in [1.54, 1.807) is 0 Å². The Morgan fingerprint density at radius 2 is 1.54 bits per heavy atom. The number of nitrogens with one attached hydrogen (secondary N) is 1. The molecule has 10 heteroatoms. The molecule has 0 unspecified atom stereocenters. The van der Waals surface area contributed by atoms with Crippen LogP contribution in [-0.2, 0) is 21.4 Å². The molecule has 0 aromatic heterocycles. The zero-order chi connectivity index (χ0) is 25.0. The number of amides is 1. The van der Waals surface area contributed by atoms with Crippen LogP contribution in [0.5, 0.6) is 11.5 Å². The topological polar surface area (TPSA) is 88.2 Å². The van der Waals surface area contributed by atoms with E-state index in [1.807, 2.05) is 43.3 Å². The molecular weight excluding hydrogens is 473 g/mol. The minimum Gasteiger partial charge on any atom is -0.486 e. The van der Waals surface area contributed by atoms with Crippen LogP contribution in [0.3, 0.4) is 0 Å². The number of sulfonamides is 1. The molecule has 3 aromatic carbocycles. The summed E-state index contributed by atoms with van der Waals surface area (Å²) in [7, 11) is -0.318. The fourth-order valence-electron chi connectivity index (χ4n) is 3.53. The maximum atomic E-state index is 13.6. The first-order valence-electron chi connectivity index (χ1n) is 10.9. The van der Waals surface area contributed by atoms with Gasteiger partial charge in [-0.25, -0.2) is 12.8 Å². The van der Waals surface area contributed by atoms with Crippen LogP contribution in [0.4, 0.5) is 15.8 Å². The summed E-state index contributed by atoms with van der Waals surface area (Å²) in [6.45, 7) is 0.418. The van der Waals surface area contributed by atoms with Gasteiger partial charge in [0.2, 0.25) is 5.91 Å². The molecule has 1 aliphatic heterocycles. The van der Waals surface area contributed by atoms with E-state index in [0.717, 1.165) is 27.7 Å². The van der Waals surface area contributed by atoms with Gasteiger partial charge in [0, 0.05) is 32.4 Å². The van der Waals surface area contributed by atoms with Gasteiger partial charge < -0.3 is 19.7 Å². The molecule has 1 heterocycles. The molecule has 1 N–H and O–H groups in total. The highest BCUT2D eigenvalue weighted by Gasteiger charge is 2.29. The maximum Gasteiger partial charge on any atom is 0.264 e. The molecule has 0 saturated carbocycles. The minimum absolute atomic E-state index is 0.0712. The highest BCUT2D eigenvalue weighted by molar-refractivity contribution is 7.92. The molecule has 4 rings (SSSR count). The number of hydrogen-bond acceptors (Lipinski definition) is 6. The highest BCUT2D eigenvalue weighted by Crippen LogP contribution is 2.34. The first-order chi connectivity index (χ1) is 16.7. The molecule has 1 amide bonds. The van der Waals surface area contributed by atoms with Crippen molar-refractivity contribution in [2.24, 2.45) is 0 Å². The van der Waals surface area contributed by atoms with E-state index in [-0.39, 0.29) is 17.1 Å². The molecule has 3 aromatic rings. The predicted molar refractivity (Wildman–Crippen MR) is 131 cm³/mol. The minimum atomic E-state index is -4.18. The maximum absolute atomic E-state index is 13.6. The number of benzene rings is 3. The summed E-state index contributed by atoms with van der Waals surface area (Å²) in [6.07, 6.45) is 0. The van der Waals surface area contributed by atoms with Crippen molar-refractivity contribution in [3.63, 3.8) is 0 Å². The standard InChI is InChI=1S/C25H26FN3O5S/c1-28(2)20-7-3-18(4-8-20)16-27-25(30)17-29(21-9-5-19(26)6-10-21)35(31,32)22-11-12-23-24(15-22)34-14-13-33-23/h3-12,15H,13-14,16-17H2,1-2H3,(H,27,30). The van der Waals surface area contributed by atoms with Gasteiger partial charge in [-0.3, -0.25) is 9.10 Å². The van der Waals surface area contributed by atoms with Crippen LogP contribution >= 0.6 is 0 Å². The molecule has 0 fully saturated rings. The summed E-state index contributed by atoms with van der Waals surface area (Å²) in [6, 6.07) is 16.8. The van der Waals surface area contributed by atoms with Crippen molar-refractivity contribution in [3.05, 3.63) is 78.1 Å². The molecule has 0 bridgehead atoms. The number of rotatable bonds is 8. The van der Waals surface area contributed by atoms with E-state index < -0.39 is 28.3 Å². The van der Waals surface area contributed by atoms with Crippen molar-refractivity contribution in [3.8, 4) is 11.5 Å². The zero-order valence-corrected chi connectivity index (χ0v) is 20.2. The Bertz CT molecular complexity index is 1300. The molecular formula is C25H26FN3O5S. The quantitative estimate of drug-likeness (QED) is 0.512. The fraction of sp³-hybridized carbons (Fsp3) is 0.240. The van der Waals surface area contributed by atoms with Crippen molar-refractivity contribution < 1.29 is 27.1 Å². The molecule has 0 atom stereocenters. The number of nitrogens with zero attached hydrogens (tertiary/aromatic N) is 2. The van der Waals surface area contributed by atoms with E-state index in [1.165, 1.54) is 30.3 Å². The number of hydrogen-bond donors (Lipinski definition) is 1. The first kappa shape index (κ1) is 24.3. The number of anilines is 2. The second kappa shape index (κ2) is 10.2. The smallest absolute Gasteiger partial charge is 0.264 e. The van der Waals surface area contributed by atoms with Crippen molar-refractivity contribution >= 4 is 27.3 Å². The van der Waals surface area contributed by atoms with Gasteiger partial charge in [-0.05, 0) is 54.1 Å². The lowest BCUT2D eigenvalue weighted by Crippen LogP contribution is -2.40. The second-order valence-corrected chi connectivity index (χ2v) is 9.99. The van der Waals surface area contributed by atoms with Crippen molar-refractivity contribution in [1.29, 1.82) is 0 Å². The van der Waals surface area contributed by atoms with Gasteiger partial charge in [0.15, 0.2) is 11.5 Å². The average molecular weight is 500 g/mol. The van der Waals surface area contributed by atoms with Crippen LogP contribution in [0.1, 0.15) is 5.56 Å². The van der Waals surface area contributed by atoms with E-state index in [0.29, 0.717) is 24.7 Å². The Hall–Kier alpha value is -3.79. The van der Waals surface area contributed by atoms with Gasteiger partial charge in [-0.15, -0.1) is 0 Å². The summed E-state index contributed by atoms with van der Waals surface area (Å²) in [5, 5.41) is 2.76. The fourth-order valence-corrected chi connectivity index (χ4v) is 4.97. The number of fused-ring (bicyclic) bond motifs is 1. The Kier molecular flexibility index (Phi) is 7.11. The van der Waals surface area contributed by atoms with Gasteiger partial charge in [0.05, 0.1) is 10.6 Å². The van der Waals surface area contributed by atoms with Gasteiger partial charge in [0.25, 0.3) is 10.0 Å². The lowest BCUT2D eigenvalue weighted by Gasteiger charge is -2.25. The summed E-state index contributed by atoms with van der Waals surface area (Å²) in [5.41, 5.74) is 2.05. The number of ether oxygens (including phenoxy) is 2. The molecule has 0 radical (unpaired) electrons. The monoisotopic (exact) mass is 499 g/mol. The first-order valence-corrected chi connectivity index (χ1v) is 12.4. The van der Waals surface area contributed by atoms with Crippen molar-refractivity contribution in [2.45, 2.75) is 11.4 Å². The molecule has 184 valence electrons. The van der Waals surface area contributed by atoms with Crippen molar-refractivity contribution in [2.75, 3.05) is 43.1 Å². The number of carbonyl (C=O) groups excluding carboxylic acids is 1. The molecule has 8 nitrogen and oxygen atoms in total. The van der Waals surface area contributed by atoms with Crippen LogP contribution in [0.2, 0.25) is 0 Å². The second-order valence-electron chi connectivity index (χ2n) is 8.13. The van der Waals surface area contributed by atoms with Gasteiger partial charge in [-0.2, -0.15) is 0 Å². The van der Waals surface area contributed by atoms with Crippen LogP contribution < -0.4 is 24.0 Å². The van der Waals surface area contributed by atoms with E-state index in [9.17, 15) is 17.6 Å². The third-order valence-corrected chi connectivity index (χ3v) is 7.22. The van der Waals surface area contributed by atoms with Crippen molar-refractivity contribution in [1.82, 2.24) is 5.32 Å². The average Bonchev–Trinajstić information content (AvgIpc) is 2.86. The Morgan fingerprint density at radius 1 is 0.914 bits per heavy atom. The summed E-state index contributed by atoms with van der Waals surface area (Å²) >= 11 is 0. The SMILES string of the molecule is CN(C)c1ccc(CNC(=O)CN(c2ccc(F)cc2)S(=O)(=O)c2ccc3c(c2)OCCO3)cc1. The Labute approximate surface area is 203 Å². The Balaban J connectivity index is 1.56. The lowest BCUT2D eigenvalue weighted by molar-refractivity contribution is -0.119. The molecule has 0 spiro atoms. The van der Waals surface area contributed by atoms with E-state index >= 15 is 0 Å². The summed E-state index contributed by atoms with van der Waals surface area (Å²) < 4.78 is 52.6. The molecule has 35 heavy (non-hydrogen) atoms. The highest BCUT2D eigenvalue weighted by atomic mass is 32.2. The number of carbonyl (C=O) groups is 1. The predicted octanol–water partition coefficient (Wildman–Crippen LogP) is 3.17. The van der Waals surface area contributed by atoms with Crippen LogP contribution in [-0.4, -0.2) is 48.2 Å². The van der Waals surface area contributed by atoms with Crippen LogP contribution in [0, 0.1) is 5.82 Å². The lowest BCUT2D eigenvalue weighted by atomic mass is 10.2. The van der Waals surface area contributed by atoms with Gasteiger partial charge in [0.1, 0.15) is 25.6 Å². The number of halogens is 1. The van der Waals surface area contributed by atoms with Crippen LogP contribution in [0.15, 0.2) is 71.6 Å². The Morgan fingerprint density at radius 3 is 2.20 bits per heavy atom. The van der Waals surface area contributed by atoms with Gasteiger partial charge >= 0.3 is 0 Å². The zero-order valence-electron chi connectivity index (χ0n) is 19.4. The summed E-state index contributed by atoms with van der Waals surface area (Å²) in [5.74, 6) is -0.272. The van der Waals surface area contributed by atoms with E-state index in [4.69, 9.17) is 9.47 Å².